The zero-order valence-corrected chi connectivity index (χ0v) is 16.6. The smallest absolute Gasteiger partial charge is 0.237 e. The van der Waals surface area contributed by atoms with Crippen LogP contribution >= 0.6 is 0 Å². The Bertz CT molecular complexity index is 739. The van der Waals surface area contributed by atoms with Crippen LogP contribution in [0.15, 0.2) is 60.7 Å². The van der Waals surface area contributed by atoms with Crippen molar-refractivity contribution in [3.8, 4) is 0 Å². The number of benzene rings is 2. The largest absolute Gasteiger partial charge is 0.332 e. The fraction of sp³-hybridized carbons (Fsp3) is 0.435. The molecule has 4 nitrogen and oxygen atoms in total. The standard InChI is InChI=1S/C23H31N3O/c1-23(2,3)26(14-18-10-6-4-7-11-18)22(27)17-25-15-20(21(24)16-25)19-12-8-5-9-13-19/h4-13,20-21H,14-17,24H2,1-3H3/t20-,21+/m0/s1. The van der Waals surface area contributed by atoms with E-state index in [2.05, 4.69) is 62.1 Å². The maximum Gasteiger partial charge on any atom is 0.237 e. The third-order valence-electron chi connectivity index (χ3n) is 5.32. The molecule has 2 aromatic carbocycles. The number of amides is 1. The van der Waals surface area contributed by atoms with E-state index in [4.69, 9.17) is 5.73 Å². The van der Waals surface area contributed by atoms with Crippen molar-refractivity contribution in [2.75, 3.05) is 19.6 Å². The van der Waals surface area contributed by atoms with Crippen LogP contribution in [-0.4, -0.2) is 46.9 Å². The summed E-state index contributed by atoms with van der Waals surface area (Å²) in [5.41, 5.74) is 8.58. The summed E-state index contributed by atoms with van der Waals surface area (Å²) >= 11 is 0. The molecule has 0 aromatic heterocycles. The van der Waals surface area contributed by atoms with E-state index in [0.29, 0.717) is 13.1 Å². The van der Waals surface area contributed by atoms with Gasteiger partial charge in [0.25, 0.3) is 0 Å². The van der Waals surface area contributed by atoms with Crippen LogP contribution in [0.4, 0.5) is 0 Å². The maximum atomic E-state index is 13.1. The molecule has 1 saturated heterocycles. The number of likely N-dealkylation sites (tertiary alicyclic amines) is 1. The molecule has 3 rings (SSSR count). The number of carbonyl (C=O) groups is 1. The molecule has 2 atom stereocenters. The van der Waals surface area contributed by atoms with Crippen molar-refractivity contribution < 1.29 is 4.79 Å². The van der Waals surface area contributed by atoms with Crippen LogP contribution in [0.3, 0.4) is 0 Å². The molecule has 1 fully saturated rings. The third kappa shape index (κ3) is 4.96. The SMILES string of the molecule is CC(C)(C)N(Cc1ccccc1)C(=O)CN1C[C@@H](N)[C@H](c2ccccc2)C1. The van der Waals surface area contributed by atoms with Gasteiger partial charge < -0.3 is 10.6 Å². The molecule has 0 unspecified atom stereocenters. The zero-order valence-electron chi connectivity index (χ0n) is 16.6. The molecule has 4 heteroatoms. The van der Waals surface area contributed by atoms with Gasteiger partial charge in [0.2, 0.25) is 5.91 Å². The molecule has 144 valence electrons. The highest BCUT2D eigenvalue weighted by atomic mass is 16.2. The van der Waals surface area contributed by atoms with Gasteiger partial charge in [-0.05, 0) is 31.9 Å². The van der Waals surface area contributed by atoms with E-state index in [0.717, 1.165) is 18.7 Å². The molecule has 2 N–H and O–H groups in total. The van der Waals surface area contributed by atoms with Gasteiger partial charge in [0, 0.05) is 37.1 Å². The van der Waals surface area contributed by atoms with Gasteiger partial charge in [-0.25, -0.2) is 0 Å². The lowest BCUT2D eigenvalue weighted by Crippen LogP contribution is -2.49. The summed E-state index contributed by atoms with van der Waals surface area (Å²) in [6.45, 7) is 8.92. The normalized spacial score (nSPS) is 20.6. The van der Waals surface area contributed by atoms with E-state index in [-0.39, 0.29) is 23.4 Å². The van der Waals surface area contributed by atoms with E-state index in [1.807, 2.05) is 29.2 Å². The fourth-order valence-corrected chi connectivity index (χ4v) is 3.84. The van der Waals surface area contributed by atoms with Gasteiger partial charge in [0.15, 0.2) is 0 Å². The van der Waals surface area contributed by atoms with Gasteiger partial charge in [-0.1, -0.05) is 60.7 Å². The van der Waals surface area contributed by atoms with Crippen molar-refractivity contribution in [3.63, 3.8) is 0 Å². The van der Waals surface area contributed by atoms with Crippen molar-refractivity contribution in [1.29, 1.82) is 0 Å². The molecule has 0 saturated carbocycles. The van der Waals surface area contributed by atoms with Crippen molar-refractivity contribution in [2.24, 2.45) is 5.73 Å². The Morgan fingerprint density at radius 3 is 2.22 bits per heavy atom. The summed E-state index contributed by atoms with van der Waals surface area (Å²) < 4.78 is 0. The summed E-state index contributed by atoms with van der Waals surface area (Å²) in [4.78, 5) is 17.3. The number of hydrogen-bond donors (Lipinski definition) is 1. The molecule has 27 heavy (non-hydrogen) atoms. The molecular weight excluding hydrogens is 334 g/mol. The first kappa shape index (κ1) is 19.6. The first-order chi connectivity index (χ1) is 12.8. The lowest BCUT2D eigenvalue weighted by Gasteiger charge is -2.37. The van der Waals surface area contributed by atoms with Crippen molar-refractivity contribution >= 4 is 5.91 Å². The van der Waals surface area contributed by atoms with Gasteiger partial charge in [0.05, 0.1) is 6.54 Å². The first-order valence-corrected chi connectivity index (χ1v) is 9.72. The van der Waals surface area contributed by atoms with Crippen molar-refractivity contribution in [3.05, 3.63) is 71.8 Å². The highest BCUT2D eigenvalue weighted by molar-refractivity contribution is 5.79. The molecule has 1 aliphatic heterocycles. The van der Waals surface area contributed by atoms with Gasteiger partial charge in [0.1, 0.15) is 0 Å². The van der Waals surface area contributed by atoms with E-state index in [9.17, 15) is 4.79 Å². The summed E-state index contributed by atoms with van der Waals surface area (Å²) in [5, 5.41) is 0. The Labute approximate surface area is 163 Å². The lowest BCUT2D eigenvalue weighted by atomic mass is 9.95. The second-order valence-corrected chi connectivity index (χ2v) is 8.51. The molecule has 0 spiro atoms. The maximum absolute atomic E-state index is 13.1. The van der Waals surface area contributed by atoms with Crippen LogP contribution in [0.5, 0.6) is 0 Å². The molecule has 0 bridgehead atoms. The zero-order chi connectivity index (χ0) is 19.4. The quantitative estimate of drug-likeness (QED) is 0.885. The number of carbonyl (C=O) groups excluding carboxylic acids is 1. The molecule has 2 aromatic rings. The highest BCUT2D eigenvalue weighted by Gasteiger charge is 2.34. The number of hydrogen-bond acceptors (Lipinski definition) is 3. The minimum Gasteiger partial charge on any atom is -0.332 e. The second kappa shape index (κ2) is 8.24. The first-order valence-electron chi connectivity index (χ1n) is 9.72. The Morgan fingerprint density at radius 2 is 1.63 bits per heavy atom. The van der Waals surface area contributed by atoms with Crippen LogP contribution in [0, 0.1) is 0 Å². The van der Waals surface area contributed by atoms with Gasteiger partial charge in [-0.2, -0.15) is 0 Å². The average molecular weight is 366 g/mol. The minimum atomic E-state index is -0.229. The molecule has 0 radical (unpaired) electrons. The summed E-state index contributed by atoms with van der Waals surface area (Å²) in [6, 6.07) is 20.6. The highest BCUT2D eigenvalue weighted by Crippen LogP contribution is 2.27. The third-order valence-corrected chi connectivity index (χ3v) is 5.32. The number of nitrogens with zero attached hydrogens (tertiary/aromatic N) is 2. The van der Waals surface area contributed by atoms with Crippen LogP contribution in [0.25, 0.3) is 0 Å². The molecule has 1 amide bonds. The van der Waals surface area contributed by atoms with E-state index in [1.165, 1.54) is 5.56 Å². The molecular formula is C23H31N3O. The predicted molar refractivity (Wildman–Crippen MR) is 110 cm³/mol. The summed E-state index contributed by atoms with van der Waals surface area (Å²) in [5.74, 6) is 0.448. The van der Waals surface area contributed by atoms with Crippen LogP contribution in [-0.2, 0) is 11.3 Å². The fourth-order valence-electron chi connectivity index (χ4n) is 3.84. The van der Waals surface area contributed by atoms with Gasteiger partial charge in [-0.3, -0.25) is 9.69 Å². The molecule has 0 aliphatic carbocycles. The van der Waals surface area contributed by atoms with Gasteiger partial charge in [-0.15, -0.1) is 0 Å². The lowest BCUT2D eigenvalue weighted by molar-refractivity contribution is -0.137. The van der Waals surface area contributed by atoms with E-state index >= 15 is 0 Å². The Hall–Kier alpha value is -2.17. The van der Waals surface area contributed by atoms with E-state index < -0.39 is 0 Å². The molecule has 1 heterocycles. The monoisotopic (exact) mass is 365 g/mol. The Morgan fingerprint density at radius 1 is 1.04 bits per heavy atom. The Balaban J connectivity index is 1.67. The Kier molecular flexibility index (Phi) is 5.98. The minimum absolute atomic E-state index is 0.0670. The number of rotatable bonds is 5. The van der Waals surface area contributed by atoms with Crippen LogP contribution in [0.1, 0.15) is 37.8 Å². The summed E-state index contributed by atoms with van der Waals surface area (Å²) in [6.07, 6.45) is 0. The molecule has 1 aliphatic rings. The van der Waals surface area contributed by atoms with Crippen molar-refractivity contribution in [2.45, 2.75) is 44.8 Å². The average Bonchev–Trinajstić information content (AvgIpc) is 3.00. The second-order valence-electron chi connectivity index (χ2n) is 8.51. The topological polar surface area (TPSA) is 49.6 Å². The number of nitrogens with two attached hydrogens (primary N) is 1. The summed E-state index contributed by atoms with van der Waals surface area (Å²) in [7, 11) is 0. The van der Waals surface area contributed by atoms with Crippen LogP contribution in [0.2, 0.25) is 0 Å². The van der Waals surface area contributed by atoms with Crippen LogP contribution < -0.4 is 5.73 Å². The van der Waals surface area contributed by atoms with E-state index in [1.54, 1.807) is 0 Å². The predicted octanol–water partition coefficient (Wildman–Crippen LogP) is 3.24. The van der Waals surface area contributed by atoms with Gasteiger partial charge >= 0.3 is 0 Å². The van der Waals surface area contributed by atoms with Crippen molar-refractivity contribution in [1.82, 2.24) is 9.80 Å².